The molecule has 4 rings (SSSR count). The highest BCUT2D eigenvalue weighted by Crippen LogP contribution is 2.38. The minimum absolute atomic E-state index is 0.0309. The minimum atomic E-state index is -0.454. The van der Waals surface area contributed by atoms with E-state index in [2.05, 4.69) is 12.1 Å². The second kappa shape index (κ2) is 6.48. The van der Waals surface area contributed by atoms with Gasteiger partial charge in [-0.25, -0.2) is 0 Å². The third kappa shape index (κ3) is 2.91. The van der Waals surface area contributed by atoms with Gasteiger partial charge in [-0.05, 0) is 41.8 Å². The summed E-state index contributed by atoms with van der Waals surface area (Å²) in [5, 5.41) is 0. The van der Waals surface area contributed by atoms with Crippen molar-refractivity contribution in [2.45, 2.75) is 26.0 Å². The van der Waals surface area contributed by atoms with Gasteiger partial charge in [-0.15, -0.1) is 0 Å². The van der Waals surface area contributed by atoms with E-state index in [9.17, 15) is 4.79 Å². The molecule has 0 saturated heterocycles. The number of fused-ring (bicyclic) bond motifs is 1. The molecule has 4 heteroatoms. The van der Waals surface area contributed by atoms with Gasteiger partial charge >= 0.3 is 0 Å². The molecule has 0 radical (unpaired) electrons. The molecule has 126 valence electrons. The maximum atomic E-state index is 12.9. The van der Waals surface area contributed by atoms with Gasteiger partial charge in [-0.1, -0.05) is 43.3 Å². The molecule has 0 aliphatic carbocycles. The van der Waals surface area contributed by atoms with E-state index < -0.39 is 6.10 Å². The highest BCUT2D eigenvalue weighted by atomic mass is 16.5. The van der Waals surface area contributed by atoms with E-state index in [1.165, 1.54) is 0 Å². The molecule has 0 fully saturated rings. The van der Waals surface area contributed by atoms with E-state index in [0.29, 0.717) is 13.0 Å². The van der Waals surface area contributed by atoms with Gasteiger partial charge in [-0.3, -0.25) is 9.69 Å². The summed E-state index contributed by atoms with van der Waals surface area (Å²) in [6.07, 6.45) is 1.80. The maximum absolute atomic E-state index is 12.9. The quantitative estimate of drug-likeness (QED) is 0.698. The Bertz CT molecular complexity index is 871. The standard InChI is InChI=1S/C21H19NO3/c1-2-19-21(23)22(14-17-9-6-12-24-17)18-13-16(10-11-20(18)25-19)15-7-4-3-5-8-15/h3-13,19H,2,14H2,1H3. The summed E-state index contributed by atoms with van der Waals surface area (Å²) in [4.78, 5) is 14.6. The normalized spacial score (nSPS) is 16.4. The summed E-state index contributed by atoms with van der Waals surface area (Å²) in [6, 6.07) is 19.8. The monoisotopic (exact) mass is 333 g/mol. The first-order chi connectivity index (χ1) is 12.3. The van der Waals surface area contributed by atoms with Crippen molar-refractivity contribution >= 4 is 11.6 Å². The van der Waals surface area contributed by atoms with Crippen molar-refractivity contribution in [2.24, 2.45) is 0 Å². The highest BCUT2D eigenvalue weighted by molar-refractivity contribution is 6.00. The molecule has 1 amide bonds. The summed E-state index contributed by atoms with van der Waals surface area (Å²) in [5.41, 5.74) is 2.94. The number of carbonyl (C=O) groups excluding carboxylic acids is 1. The predicted molar refractivity (Wildman–Crippen MR) is 96.5 cm³/mol. The first kappa shape index (κ1) is 15.5. The number of benzene rings is 2. The van der Waals surface area contributed by atoms with Gasteiger partial charge in [0, 0.05) is 0 Å². The van der Waals surface area contributed by atoms with Crippen LogP contribution in [0.3, 0.4) is 0 Å². The molecule has 1 aromatic heterocycles. The Kier molecular flexibility index (Phi) is 4.02. The van der Waals surface area contributed by atoms with Crippen LogP contribution in [0, 0.1) is 0 Å². The number of nitrogens with zero attached hydrogens (tertiary/aromatic N) is 1. The number of anilines is 1. The smallest absolute Gasteiger partial charge is 0.268 e. The van der Waals surface area contributed by atoms with Gasteiger partial charge < -0.3 is 9.15 Å². The molecule has 3 aromatic rings. The van der Waals surface area contributed by atoms with Gasteiger partial charge in [0.05, 0.1) is 18.5 Å². The van der Waals surface area contributed by atoms with Crippen molar-refractivity contribution in [1.29, 1.82) is 0 Å². The fourth-order valence-corrected chi connectivity index (χ4v) is 3.11. The van der Waals surface area contributed by atoms with Gasteiger partial charge in [0.1, 0.15) is 11.5 Å². The number of hydrogen-bond donors (Lipinski definition) is 0. The van der Waals surface area contributed by atoms with Crippen LogP contribution in [0.1, 0.15) is 19.1 Å². The van der Waals surface area contributed by atoms with Crippen molar-refractivity contribution in [3.8, 4) is 16.9 Å². The van der Waals surface area contributed by atoms with Crippen molar-refractivity contribution < 1.29 is 13.9 Å². The topological polar surface area (TPSA) is 42.7 Å². The number of hydrogen-bond acceptors (Lipinski definition) is 3. The zero-order valence-electron chi connectivity index (χ0n) is 14.0. The number of carbonyl (C=O) groups is 1. The van der Waals surface area contributed by atoms with E-state index in [1.54, 1.807) is 11.2 Å². The number of ether oxygens (including phenoxy) is 1. The van der Waals surface area contributed by atoms with E-state index in [-0.39, 0.29) is 5.91 Å². The van der Waals surface area contributed by atoms with Crippen molar-refractivity contribution in [3.63, 3.8) is 0 Å². The SMILES string of the molecule is CCC1Oc2ccc(-c3ccccc3)cc2N(Cc2ccco2)C1=O. The average Bonchev–Trinajstić information content (AvgIpc) is 3.17. The van der Waals surface area contributed by atoms with E-state index in [4.69, 9.17) is 9.15 Å². The minimum Gasteiger partial charge on any atom is -0.478 e. The first-order valence-corrected chi connectivity index (χ1v) is 8.46. The lowest BCUT2D eigenvalue weighted by Crippen LogP contribution is -2.45. The van der Waals surface area contributed by atoms with Crippen LogP contribution in [0.4, 0.5) is 5.69 Å². The van der Waals surface area contributed by atoms with Crippen LogP contribution in [0.5, 0.6) is 5.75 Å². The molecule has 4 nitrogen and oxygen atoms in total. The van der Waals surface area contributed by atoms with Crippen LogP contribution in [0.2, 0.25) is 0 Å². The Hall–Kier alpha value is -3.01. The van der Waals surface area contributed by atoms with E-state index >= 15 is 0 Å². The molecule has 1 unspecified atom stereocenters. The molecule has 1 aliphatic heterocycles. The average molecular weight is 333 g/mol. The Morgan fingerprint density at radius 1 is 1.00 bits per heavy atom. The maximum Gasteiger partial charge on any atom is 0.268 e. The molecular formula is C21H19NO3. The van der Waals surface area contributed by atoms with Gasteiger partial charge in [0.25, 0.3) is 5.91 Å². The third-order valence-electron chi connectivity index (χ3n) is 4.43. The summed E-state index contributed by atoms with van der Waals surface area (Å²) < 4.78 is 11.4. The lowest BCUT2D eigenvalue weighted by molar-refractivity contribution is -0.126. The molecule has 2 aromatic carbocycles. The molecule has 1 atom stereocenters. The Labute approximate surface area is 146 Å². The van der Waals surface area contributed by atoms with E-state index in [1.807, 2.05) is 55.5 Å². The third-order valence-corrected chi connectivity index (χ3v) is 4.43. The van der Waals surface area contributed by atoms with Crippen LogP contribution in [-0.4, -0.2) is 12.0 Å². The van der Waals surface area contributed by atoms with Gasteiger partial charge in [-0.2, -0.15) is 0 Å². The number of rotatable bonds is 4. The first-order valence-electron chi connectivity index (χ1n) is 8.46. The zero-order valence-corrected chi connectivity index (χ0v) is 14.0. The fraction of sp³-hybridized carbons (Fsp3) is 0.190. The molecule has 0 bridgehead atoms. The predicted octanol–water partition coefficient (Wildman–Crippen LogP) is 4.65. The highest BCUT2D eigenvalue weighted by Gasteiger charge is 2.34. The Morgan fingerprint density at radius 2 is 1.84 bits per heavy atom. The lowest BCUT2D eigenvalue weighted by Gasteiger charge is -2.34. The summed E-state index contributed by atoms with van der Waals surface area (Å²) in [6.45, 7) is 2.36. The van der Waals surface area contributed by atoms with Gasteiger partial charge in [0.2, 0.25) is 0 Å². The molecule has 2 heterocycles. The fourth-order valence-electron chi connectivity index (χ4n) is 3.11. The largest absolute Gasteiger partial charge is 0.478 e. The molecule has 0 saturated carbocycles. The zero-order chi connectivity index (χ0) is 17.2. The van der Waals surface area contributed by atoms with Crippen molar-refractivity contribution in [1.82, 2.24) is 0 Å². The summed E-state index contributed by atoms with van der Waals surface area (Å²) in [7, 11) is 0. The molecule has 1 aliphatic rings. The second-order valence-electron chi connectivity index (χ2n) is 6.07. The van der Waals surface area contributed by atoms with Gasteiger partial charge in [0.15, 0.2) is 6.10 Å². The molecule has 0 N–H and O–H groups in total. The van der Waals surface area contributed by atoms with Crippen LogP contribution >= 0.6 is 0 Å². The van der Waals surface area contributed by atoms with Crippen molar-refractivity contribution in [3.05, 3.63) is 72.7 Å². The van der Waals surface area contributed by atoms with Crippen LogP contribution in [0.25, 0.3) is 11.1 Å². The van der Waals surface area contributed by atoms with Crippen LogP contribution < -0.4 is 9.64 Å². The molecular weight excluding hydrogens is 314 g/mol. The summed E-state index contributed by atoms with van der Waals surface area (Å²) >= 11 is 0. The Morgan fingerprint density at radius 3 is 2.56 bits per heavy atom. The molecule has 0 spiro atoms. The Balaban J connectivity index is 1.77. The summed E-state index contributed by atoms with van der Waals surface area (Å²) in [5.74, 6) is 1.45. The van der Waals surface area contributed by atoms with Crippen LogP contribution in [0.15, 0.2) is 71.3 Å². The van der Waals surface area contributed by atoms with E-state index in [0.717, 1.165) is 28.3 Å². The lowest BCUT2D eigenvalue weighted by atomic mass is 10.0. The number of furan rings is 1. The van der Waals surface area contributed by atoms with Crippen molar-refractivity contribution in [2.75, 3.05) is 4.90 Å². The van der Waals surface area contributed by atoms with Crippen LogP contribution in [-0.2, 0) is 11.3 Å². The number of amides is 1. The second-order valence-corrected chi connectivity index (χ2v) is 6.07. The molecule has 25 heavy (non-hydrogen) atoms.